The second-order valence-electron chi connectivity index (χ2n) is 8.27. The van der Waals surface area contributed by atoms with Crippen LogP contribution in [0.2, 0.25) is 0 Å². The summed E-state index contributed by atoms with van der Waals surface area (Å²) in [6, 6.07) is 15.6. The number of nitrogens with zero attached hydrogens (tertiary/aromatic N) is 4. The number of halogens is 1. The average Bonchev–Trinajstić information content (AvgIpc) is 2.89. The first-order valence-electron chi connectivity index (χ1n) is 11.5. The predicted molar refractivity (Wildman–Crippen MR) is 131 cm³/mol. The number of amides is 1. The van der Waals surface area contributed by atoms with E-state index in [2.05, 4.69) is 20.2 Å². The van der Waals surface area contributed by atoms with Gasteiger partial charge in [0.2, 0.25) is 5.95 Å². The number of anilines is 2. The molecule has 3 aromatic rings. The van der Waals surface area contributed by atoms with Gasteiger partial charge in [-0.3, -0.25) is 4.79 Å². The summed E-state index contributed by atoms with van der Waals surface area (Å²) in [6.45, 7) is 2.66. The maximum Gasteiger partial charge on any atom is 0.275 e. The van der Waals surface area contributed by atoms with Crippen LogP contribution in [0.3, 0.4) is 0 Å². The summed E-state index contributed by atoms with van der Waals surface area (Å²) in [4.78, 5) is 25.9. The number of hydrogen-bond acceptors (Lipinski definition) is 6. The lowest BCUT2D eigenvalue weighted by Gasteiger charge is -2.27. The van der Waals surface area contributed by atoms with E-state index in [1.54, 1.807) is 24.5 Å². The molecule has 0 radical (unpaired) electrons. The Morgan fingerprint density at radius 3 is 2.35 bits per heavy atom. The van der Waals surface area contributed by atoms with Gasteiger partial charge in [0.15, 0.2) is 0 Å². The van der Waals surface area contributed by atoms with E-state index in [-0.39, 0.29) is 18.1 Å². The van der Waals surface area contributed by atoms with Crippen LogP contribution in [0.25, 0.3) is 0 Å². The van der Waals surface area contributed by atoms with Gasteiger partial charge in [-0.1, -0.05) is 30.3 Å². The van der Waals surface area contributed by atoms with Gasteiger partial charge < -0.3 is 20.9 Å². The molecule has 3 N–H and O–H groups in total. The number of benzene rings is 2. The summed E-state index contributed by atoms with van der Waals surface area (Å²) in [5.74, 6) is -0.0710. The highest BCUT2D eigenvalue weighted by Gasteiger charge is 2.20. The molecule has 1 saturated heterocycles. The maximum absolute atomic E-state index is 13.5. The van der Waals surface area contributed by atoms with Crippen LogP contribution in [0.15, 0.2) is 78.9 Å². The predicted octanol–water partition coefficient (Wildman–Crippen LogP) is 3.73. The van der Waals surface area contributed by atoms with Crippen LogP contribution < -0.4 is 20.9 Å². The van der Waals surface area contributed by atoms with Crippen molar-refractivity contribution in [2.24, 2.45) is 5.73 Å². The van der Waals surface area contributed by atoms with Crippen LogP contribution in [0.5, 0.6) is 0 Å². The van der Waals surface area contributed by atoms with E-state index in [4.69, 9.17) is 5.73 Å². The number of carbonyl (C=O) groups is 1. The van der Waals surface area contributed by atoms with E-state index < -0.39 is 5.91 Å². The first-order valence-corrected chi connectivity index (χ1v) is 11.5. The number of piperidine rings is 1. The Balaban J connectivity index is 1.49. The van der Waals surface area contributed by atoms with Crippen LogP contribution >= 0.6 is 0 Å². The number of nitrogens with one attached hydrogen (secondary N) is 1. The van der Waals surface area contributed by atoms with E-state index in [0.29, 0.717) is 18.2 Å². The molecule has 34 heavy (non-hydrogen) atoms. The van der Waals surface area contributed by atoms with Gasteiger partial charge in [-0.05, 0) is 49.1 Å². The minimum Gasteiger partial charge on any atom is -0.393 e. The molecule has 1 amide bonds. The minimum absolute atomic E-state index is 0.0473. The Hall–Kier alpha value is -3.94. The number of nitrogens with two attached hydrogens (primary N) is 1. The number of hydrogen-bond donors (Lipinski definition) is 2. The van der Waals surface area contributed by atoms with E-state index in [1.165, 1.54) is 29.7 Å². The highest BCUT2D eigenvalue weighted by molar-refractivity contribution is 6.04. The van der Waals surface area contributed by atoms with Crippen LogP contribution in [-0.4, -0.2) is 29.0 Å². The molecule has 1 aliphatic heterocycles. The molecule has 4 rings (SSSR count). The summed E-state index contributed by atoms with van der Waals surface area (Å²) in [5, 5.41) is 3.08. The van der Waals surface area contributed by atoms with Gasteiger partial charge >= 0.3 is 0 Å². The van der Waals surface area contributed by atoms with Gasteiger partial charge in [0.1, 0.15) is 11.5 Å². The van der Waals surface area contributed by atoms with Gasteiger partial charge in [-0.2, -0.15) is 0 Å². The molecule has 2 aromatic carbocycles. The van der Waals surface area contributed by atoms with Crippen molar-refractivity contribution in [2.45, 2.75) is 32.4 Å². The first-order chi connectivity index (χ1) is 16.6. The van der Waals surface area contributed by atoms with Crippen molar-refractivity contribution >= 4 is 17.5 Å². The fraction of sp³-hybridized carbons (Fsp3) is 0.269. The van der Waals surface area contributed by atoms with Crippen molar-refractivity contribution in [1.82, 2.24) is 15.3 Å². The smallest absolute Gasteiger partial charge is 0.275 e. The Labute approximate surface area is 199 Å². The standard InChI is InChI=1S/C26H29FN6O/c27-22-9-11-23(12-10-22)33(25(34)24(28)18-29-15-20-7-3-1-4-8-20)19-21-16-30-26(31-17-21)32-13-5-2-6-14-32/h1,3-4,7-12,16-18,29H,2,5-6,13-15,19,28H2/b24-18-. The number of rotatable bonds is 8. The highest BCUT2D eigenvalue weighted by atomic mass is 19.1. The summed E-state index contributed by atoms with van der Waals surface area (Å²) in [6.07, 6.45) is 8.48. The molecule has 176 valence electrons. The molecule has 0 atom stereocenters. The van der Waals surface area contributed by atoms with Crippen molar-refractivity contribution in [3.63, 3.8) is 0 Å². The molecule has 2 heterocycles. The SMILES string of the molecule is N/C(=C\NCc1ccccc1)C(=O)N(Cc1cnc(N2CCCCC2)nc1)c1ccc(F)cc1. The molecule has 0 spiro atoms. The summed E-state index contributed by atoms with van der Waals surface area (Å²) < 4.78 is 13.5. The van der Waals surface area contributed by atoms with Crippen molar-refractivity contribution in [3.05, 3.63) is 95.8 Å². The van der Waals surface area contributed by atoms with Crippen LogP contribution in [0, 0.1) is 5.82 Å². The third-order valence-corrected chi connectivity index (χ3v) is 5.71. The normalized spacial score (nSPS) is 14.0. The maximum atomic E-state index is 13.5. The first kappa shape index (κ1) is 23.2. The van der Waals surface area contributed by atoms with E-state index in [1.807, 2.05) is 30.3 Å². The van der Waals surface area contributed by atoms with E-state index in [0.717, 1.165) is 37.1 Å². The van der Waals surface area contributed by atoms with Gasteiger partial charge in [0, 0.05) is 49.5 Å². The third kappa shape index (κ3) is 6.10. The summed E-state index contributed by atoms with van der Waals surface area (Å²) >= 11 is 0. The third-order valence-electron chi connectivity index (χ3n) is 5.71. The molecule has 0 saturated carbocycles. The van der Waals surface area contributed by atoms with Gasteiger partial charge in [0.05, 0.1) is 6.54 Å². The molecule has 0 unspecified atom stereocenters. The zero-order valence-corrected chi connectivity index (χ0v) is 19.0. The molecule has 7 nitrogen and oxygen atoms in total. The molecular formula is C26H29FN6O. The molecule has 1 aromatic heterocycles. The summed E-state index contributed by atoms with van der Waals surface area (Å²) in [7, 11) is 0. The Bertz CT molecular complexity index is 1100. The van der Waals surface area contributed by atoms with Gasteiger partial charge in [0.25, 0.3) is 5.91 Å². The fourth-order valence-electron chi connectivity index (χ4n) is 3.86. The summed E-state index contributed by atoms with van der Waals surface area (Å²) in [5.41, 5.74) is 8.52. The molecular weight excluding hydrogens is 431 g/mol. The van der Waals surface area contributed by atoms with E-state index >= 15 is 0 Å². The van der Waals surface area contributed by atoms with Crippen LogP contribution in [0.1, 0.15) is 30.4 Å². The van der Waals surface area contributed by atoms with Crippen LogP contribution in [0.4, 0.5) is 16.0 Å². The minimum atomic E-state index is -0.396. The fourth-order valence-corrected chi connectivity index (χ4v) is 3.86. The van der Waals surface area contributed by atoms with Crippen molar-refractivity contribution in [3.8, 4) is 0 Å². The van der Waals surface area contributed by atoms with Crippen molar-refractivity contribution in [2.75, 3.05) is 22.9 Å². The van der Waals surface area contributed by atoms with Gasteiger partial charge in [-0.15, -0.1) is 0 Å². The Morgan fingerprint density at radius 2 is 1.68 bits per heavy atom. The second kappa shape index (κ2) is 11.3. The molecule has 0 aliphatic carbocycles. The van der Waals surface area contributed by atoms with Crippen molar-refractivity contribution < 1.29 is 9.18 Å². The van der Waals surface area contributed by atoms with Gasteiger partial charge in [-0.25, -0.2) is 14.4 Å². The average molecular weight is 461 g/mol. The number of aromatic nitrogens is 2. The lowest BCUT2D eigenvalue weighted by atomic mass is 10.1. The highest BCUT2D eigenvalue weighted by Crippen LogP contribution is 2.20. The molecule has 8 heteroatoms. The quantitative estimate of drug-likeness (QED) is 0.498. The topological polar surface area (TPSA) is 87.4 Å². The zero-order chi connectivity index (χ0) is 23.8. The number of carbonyl (C=O) groups excluding carboxylic acids is 1. The molecule has 1 aliphatic rings. The molecule has 1 fully saturated rings. The monoisotopic (exact) mass is 460 g/mol. The molecule has 0 bridgehead atoms. The Kier molecular flexibility index (Phi) is 7.70. The lowest BCUT2D eigenvalue weighted by molar-refractivity contribution is -0.115. The zero-order valence-electron chi connectivity index (χ0n) is 19.0. The lowest BCUT2D eigenvalue weighted by Crippen LogP contribution is -2.35. The van der Waals surface area contributed by atoms with Crippen LogP contribution in [-0.2, 0) is 17.9 Å². The van der Waals surface area contributed by atoms with E-state index in [9.17, 15) is 9.18 Å². The second-order valence-corrected chi connectivity index (χ2v) is 8.27. The van der Waals surface area contributed by atoms with Crippen molar-refractivity contribution in [1.29, 1.82) is 0 Å². The Morgan fingerprint density at radius 1 is 1.00 bits per heavy atom. The largest absolute Gasteiger partial charge is 0.393 e.